The monoisotopic (exact) mass is 402 g/mol. The molecule has 0 aliphatic rings. The number of hydrogen-bond acceptors (Lipinski definition) is 4. The molecule has 0 aliphatic carbocycles. The number of furan rings is 1. The Bertz CT molecular complexity index is 977. The molecule has 1 aromatic heterocycles. The van der Waals surface area contributed by atoms with Crippen molar-refractivity contribution in [2.75, 3.05) is 11.1 Å². The Hall–Kier alpha value is -3.13. The summed E-state index contributed by atoms with van der Waals surface area (Å²) in [6.07, 6.45) is 1.53. The second-order valence-electron chi connectivity index (χ2n) is 5.72. The Kier molecular flexibility index (Phi) is 6.44. The van der Waals surface area contributed by atoms with Gasteiger partial charge < -0.3 is 15.1 Å². The summed E-state index contributed by atoms with van der Waals surface area (Å²) in [7, 11) is 0. The second kappa shape index (κ2) is 9.18. The summed E-state index contributed by atoms with van der Waals surface area (Å²) in [4.78, 5) is 25.1. The van der Waals surface area contributed by atoms with Crippen molar-refractivity contribution in [2.24, 2.45) is 0 Å². The van der Waals surface area contributed by atoms with Crippen molar-refractivity contribution in [1.29, 1.82) is 0 Å². The van der Waals surface area contributed by atoms with Crippen molar-refractivity contribution in [2.45, 2.75) is 11.4 Å². The van der Waals surface area contributed by atoms with Crippen molar-refractivity contribution in [3.8, 4) is 0 Å². The van der Waals surface area contributed by atoms with Crippen molar-refractivity contribution in [1.82, 2.24) is 5.32 Å². The van der Waals surface area contributed by atoms with E-state index in [1.807, 2.05) is 0 Å². The van der Waals surface area contributed by atoms with Gasteiger partial charge in [0.15, 0.2) is 11.6 Å². The minimum absolute atomic E-state index is 0.107. The van der Waals surface area contributed by atoms with E-state index in [1.54, 1.807) is 36.4 Å². The first-order chi connectivity index (χ1) is 13.5. The van der Waals surface area contributed by atoms with Gasteiger partial charge in [-0.2, -0.15) is 0 Å². The van der Waals surface area contributed by atoms with E-state index in [2.05, 4.69) is 10.6 Å². The molecule has 5 nitrogen and oxygen atoms in total. The zero-order chi connectivity index (χ0) is 19.9. The van der Waals surface area contributed by atoms with Crippen LogP contribution in [0.5, 0.6) is 0 Å². The molecule has 0 saturated heterocycles. The average molecular weight is 402 g/mol. The summed E-state index contributed by atoms with van der Waals surface area (Å²) in [6.45, 7) is 0.282. The number of carbonyl (C=O) groups excluding carboxylic acids is 2. The van der Waals surface area contributed by atoms with Crippen LogP contribution in [0, 0.1) is 11.6 Å². The largest absolute Gasteiger partial charge is 0.467 e. The van der Waals surface area contributed by atoms with Gasteiger partial charge in [-0.3, -0.25) is 9.59 Å². The molecule has 0 atom stereocenters. The zero-order valence-corrected chi connectivity index (χ0v) is 15.4. The lowest BCUT2D eigenvalue weighted by atomic mass is 10.2. The van der Waals surface area contributed by atoms with E-state index < -0.39 is 17.5 Å². The SMILES string of the molecule is O=C(CSc1ccccc1C(=O)Nc1ccc(F)c(F)c1)NCc1ccco1. The van der Waals surface area contributed by atoms with E-state index in [0.29, 0.717) is 16.2 Å². The lowest BCUT2D eigenvalue weighted by Gasteiger charge is -2.10. The van der Waals surface area contributed by atoms with E-state index >= 15 is 0 Å². The minimum atomic E-state index is -1.05. The summed E-state index contributed by atoms with van der Waals surface area (Å²) < 4.78 is 31.5. The maximum atomic E-state index is 13.3. The predicted molar refractivity (Wildman–Crippen MR) is 102 cm³/mol. The highest BCUT2D eigenvalue weighted by Gasteiger charge is 2.14. The third-order valence-corrected chi connectivity index (χ3v) is 4.78. The molecule has 2 N–H and O–H groups in total. The topological polar surface area (TPSA) is 71.3 Å². The maximum Gasteiger partial charge on any atom is 0.256 e. The molecule has 0 spiro atoms. The molecule has 0 radical (unpaired) electrons. The second-order valence-corrected chi connectivity index (χ2v) is 6.74. The van der Waals surface area contributed by atoms with Gasteiger partial charge in [-0.15, -0.1) is 11.8 Å². The Labute approximate surface area is 164 Å². The number of anilines is 1. The van der Waals surface area contributed by atoms with Gasteiger partial charge in [0.25, 0.3) is 5.91 Å². The van der Waals surface area contributed by atoms with Crippen LogP contribution in [0.15, 0.2) is 70.2 Å². The lowest BCUT2D eigenvalue weighted by molar-refractivity contribution is -0.118. The number of nitrogens with one attached hydrogen (secondary N) is 2. The summed E-state index contributed by atoms with van der Waals surface area (Å²) in [5.41, 5.74) is 0.468. The van der Waals surface area contributed by atoms with Crippen LogP contribution in [0.25, 0.3) is 0 Å². The molecular weight excluding hydrogens is 386 g/mol. The lowest BCUT2D eigenvalue weighted by Crippen LogP contribution is -2.24. The Balaban J connectivity index is 1.60. The van der Waals surface area contributed by atoms with Crippen LogP contribution in [0.3, 0.4) is 0 Å². The van der Waals surface area contributed by atoms with E-state index in [9.17, 15) is 18.4 Å². The predicted octanol–water partition coefficient (Wildman–Crippen LogP) is 4.22. The number of carbonyl (C=O) groups is 2. The summed E-state index contributed by atoms with van der Waals surface area (Å²) in [6, 6.07) is 13.3. The molecule has 0 fully saturated rings. The zero-order valence-electron chi connectivity index (χ0n) is 14.6. The van der Waals surface area contributed by atoms with Crippen LogP contribution in [0.2, 0.25) is 0 Å². The van der Waals surface area contributed by atoms with Gasteiger partial charge in [0.05, 0.1) is 24.1 Å². The van der Waals surface area contributed by atoms with Gasteiger partial charge in [0.1, 0.15) is 5.76 Å². The average Bonchev–Trinajstić information content (AvgIpc) is 3.21. The van der Waals surface area contributed by atoms with Crippen molar-refractivity contribution in [3.63, 3.8) is 0 Å². The van der Waals surface area contributed by atoms with E-state index in [4.69, 9.17) is 4.42 Å². The molecule has 28 heavy (non-hydrogen) atoms. The third kappa shape index (κ3) is 5.20. The third-order valence-electron chi connectivity index (χ3n) is 3.71. The van der Waals surface area contributed by atoms with Gasteiger partial charge >= 0.3 is 0 Å². The molecule has 2 aromatic carbocycles. The van der Waals surface area contributed by atoms with Crippen LogP contribution in [0.1, 0.15) is 16.1 Å². The smallest absolute Gasteiger partial charge is 0.256 e. The highest BCUT2D eigenvalue weighted by atomic mass is 32.2. The summed E-state index contributed by atoms with van der Waals surface area (Å²) in [5.74, 6) is -1.98. The maximum absolute atomic E-state index is 13.3. The van der Waals surface area contributed by atoms with Gasteiger partial charge in [-0.1, -0.05) is 12.1 Å². The standard InChI is InChI=1S/C20H16F2N2O3S/c21-16-8-7-13(10-17(16)22)24-20(26)15-5-1-2-6-18(15)28-12-19(25)23-11-14-4-3-9-27-14/h1-10H,11-12H2,(H,23,25)(H,24,26). The summed E-state index contributed by atoms with van der Waals surface area (Å²) in [5, 5.41) is 5.25. The van der Waals surface area contributed by atoms with E-state index in [1.165, 1.54) is 24.1 Å². The Morgan fingerprint density at radius 3 is 2.57 bits per heavy atom. The van der Waals surface area contributed by atoms with E-state index in [-0.39, 0.29) is 23.9 Å². The van der Waals surface area contributed by atoms with Crippen LogP contribution in [-0.2, 0) is 11.3 Å². The van der Waals surface area contributed by atoms with Gasteiger partial charge in [0, 0.05) is 16.6 Å². The quantitative estimate of drug-likeness (QED) is 0.581. The fraction of sp³-hybridized carbons (Fsp3) is 0.100. The van der Waals surface area contributed by atoms with Crippen LogP contribution >= 0.6 is 11.8 Å². The summed E-state index contributed by atoms with van der Waals surface area (Å²) >= 11 is 1.20. The minimum Gasteiger partial charge on any atom is -0.467 e. The first-order valence-corrected chi connectivity index (χ1v) is 9.29. The molecule has 2 amide bonds. The van der Waals surface area contributed by atoms with Crippen LogP contribution < -0.4 is 10.6 Å². The fourth-order valence-corrected chi connectivity index (χ4v) is 3.23. The number of benzene rings is 2. The molecule has 3 rings (SSSR count). The van der Waals surface area contributed by atoms with Crippen molar-refractivity contribution >= 4 is 29.3 Å². The van der Waals surface area contributed by atoms with E-state index in [0.717, 1.165) is 12.1 Å². The molecule has 8 heteroatoms. The Morgan fingerprint density at radius 1 is 1.00 bits per heavy atom. The molecule has 0 unspecified atom stereocenters. The van der Waals surface area contributed by atoms with Gasteiger partial charge in [-0.25, -0.2) is 8.78 Å². The van der Waals surface area contributed by atoms with Crippen molar-refractivity contribution < 1.29 is 22.8 Å². The highest BCUT2D eigenvalue weighted by Crippen LogP contribution is 2.24. The number of amides is 2. The molecule has 144 valence electrons. The molecule has 1 heterocycles. The first kappa shape index (κ1) is 19.6. The highest BCUT2D eigenvalue weighted by molar-refractivity contribution is 8.00. The van der Waals surface area contributed by atoms with Gasteiger partial charge in [0.2, 0.25) is 5.91 Å². The van der Waals surface area contributed by atoms with Crippen LogP contribution in [0.4, 0.5) is 14.5 Å². The Morgan fingerprint density at radius 2 is 1.82 bits per heavy atom. The van der Waals surface area contributed by atoms with Crippen molar-refractivity contribution in [3.05, 3.63) is 83.8 Å². The molecule has 3 aromatic rings. The molecule has 0 bridgehead atoms. The fourth-order valence-electron chi connectivity index (χ4n) is 2.35. The molecule has 0 aliphatic heterocycles. The number of rotatable bonds is 7. The molecular formula is C20H16F2N2O3S. The molecule has 0 saturated carbocycles. The van der Waals surface area contributed by atoms with Crippen LogP contribution in [-0.4, -0.2) is 17.6 Å². The number of thioether (sulfide) groups is 1. The van der Waals surface area contributed by atoms with Gasteiger partial charge in [-0.05, 0) is 36.4 Å². The number of halogens is 2. The normalized spacial score (nSPS) is 10.5. The number of hydrogen-bond donors (Lipinski definition) is 2. The first-order valence-electron chi connectivity index (χ1n) is 8.30.